The van der Waals surface area contributed by atoms with E-state index in [0.29, 0.717) is 6.10 Å². The number of aryl methyl sites for hydroxylation is 2. The minimum Gasteiger partial charge on any atom is -0.376 e. The maximum absolute atomic E-state index is 5.92. The van der Waals surface area contributed by atoms with E-state index in [-0.39, 0.29) is 0 Å². The van der Waals surface area contributed by atoms with Crippen molar-refractivity contribution in [2.45, 2.75) is 45.6 Å². The van der Waals surface area contributed by atoms with Crippen molar-refractivity contribution in [1.82, 2.24) is 19.7 Å². The number of fused-ring (bicyclic) bond motifs is 1. The SMILES string of the molecule is CCCN(C[C@H]1CCCCO1)c1nc(C)nc2c1cnn2C. The minimum absolute atomic E-state index is 0.308. The smallest absolute Gasteiger partial charge is 0.163 e. The summed E-state index contributed by atoms with van der Waals surface area (Å²) >= 11 is 0. The van der Waals surface area contributed by atoms with E-state index in [9.17, 15) is 0 Å². The van der Waals surface area contributed by atoms with Crippen molar-refractivity contribution in [3.05, 3.63) is 12.0 Å². The molecule has 0 unspecified atom stereocenters. The number of anilines is 1. The lowest BCUT2D eigenvalue weighted by atomic mass is 10.1. The van der Waals surface area contributed by atoms with Gasteiger partial charge in [-0.15, -0.1) is 0 Å². The second-order valence-electron chi connectivity index (χ2n) is 6.03. The predicted molar refractivity (Wildman–Crippen MR) is 87.1 cm³/mol. The molecule has 0 aromatic carbocycles. The molecular formula is C16H25N5O. The lowest BCUT2D eigenvalue weighted by molar-refractivity contribution is 0.0209. The Kier molecular flexibility index (Phi) is 4.57. The molecule has 6 heteroatoms. The number of rotatable bonds is 5. The van der Waals surface area contributed by atoms with E-state index in [2.05, 4.69) is 21.9 Å². The van der Waals surface area contributed by atoms with Crippen LogP contribution in [0, 0.1) is 6.92 Å². The van der Waals surface area contributed by atoms with E-state index >= 15 is 0 Å². The fraction of sp³-hybridized carbons (Fsp3) is 0.688. The molecule has 0 spiro atoms. The van der Waals surface area contributed by atoms with Gasteiger partial charge in [-0.05, 0) is 32.6 Å². The summed E-state index contributed by atoms with van der Waals surface area (Å²) in [7, 11) is 1.92. The second-order valence-corrected chi connectivity index (χ2v) is 6.03. The first-order chi connectivity index (χ1) is 10.7. The molecule has 3 rings (SSSR count). The van der Waals surface area contributed by atoms with Crippen LogP contribution >= 0.6 is 0 Å². The molecule has 0 amide bonds. The lowest BCUT2D eigenvalue weighted by Gasteiger charge is -2.31. The molecule has 2 aromatic rings. The zero-order valence-electron chi connectivity index (χ0n) is 13.7. The van der Waals surface area contributed by atoms with Crippen molar-refractivity contribution < 1.29 is 4.74 Å². The Labute approximate surface area is 131 Å². The molecule has 0 saturated carbocycles. The van der Waals surface area contributed by atoms with E-state index in [1.54, 1.807) is 0 Å². The predicted octanol–water partition coefficient (Wildman–Crippen LogP) is 2.46. The molecule has 0 N–H and O–H groups in total. The van der Waals surface area contributed by atoms with E-state index < -0.39 is 0 Å². The largest absolute Gasteiger partial charge is 0.376 e. The van der Waals surface area contributed by atoms with Gasteiger partial charge in [-0.1, -0.05) is 6.92 Å². The van der Waals surface area contributed by atoms with Crippen LogP contribution in [0.15, 0.2) is 6.20 Å². The summed E-state index contributed by atoms with van der Waals surface area (Å²) in [4.78, 5) is 11.6. The number of ether oxygens (including phenoxy) is 1. The molecule has 1 aliphatic rings. The van der Waals surface area contributed by atoms with E-state index in [4.69, 9.17) is 9.72 Å². The summed E-state index contributed by atoms with van der Waals surface area (Å²) in [6.07, 6.45) is 6.84. The number of aromatic nitrogens is 4. The van der Waals surface area contributed by atoms with Crippen LogP contribution in [0.3, 0.4) is 0 Å². The van der Waals surface area contributed by atoms with Crippen molar-refractivity contribution in [1.29, 1.82) is 0 Å². The first-order valence-corrected chi connectivity index (χ1v) is 8.22. The zero-order valence-corrected chi connectivity index (χ0v) is 13.7. The molecule has 1 fully saturated rings. The normalized spacial score (nSPS) is 18.8. The van der Waals surface area contributed by atoms with Crippen molar-refractivity contribution >= 4 is 16.9 Å². The van der Waals surface area contributed by atoms with Crippen LogP contribution in [0.2, 0.25) is 0 Å². The third-order valence-electron chi connectivity index (χ3n) is 4.17. The first kappa shape index (κ1) is 15.2. The Hall–Kier alpha value is -1.69. The molecule has 1 atom stereocenters. The molecular weight excluding hydrogens is 278 g/mol. The lowest BCUT2D eigenvalue weighted by Crippen LogP contribution is -2.37. The number of nitrogens with zero attached hydrogens (tertiary/aromatic N) is 5. The molecule has 3 heterocycles. The van der Waals surface area contributed by atoms with Gasteiger partial charge in [0, 0.05) is 26.7 Å². The van der Waals surface area contributed by atoms with Crippen LogP contribution in [-0.2, 0) is 11.8 Å². The third-order valence-corrected chi connectivity index (χ3v) is 4.17. The van der Waals surface area contributed by atoms with Crippen LogP contribution < -0.4 is 4.90 Å². The van der Waals surface area contributed by atoms with Crippen molar-refractivity contribution in [3.63, 3.8) is 0 Å². The van der Waals surface area contributed by atoms with E-state index in [1.165, 1.54) is 12.8 Å². The van der Waals surface area contributed by atoms with Crippen molar-refractivity contribution in [2.24, 2.45) is 7.05 Å². The molecule has 1 aliphatic heterocycles. The second kappa shape index (κ2) is 6.60. The van der Waals surface area contributed by atoms with Gasteiger partial charge in [-0.3, -0.25) is 4.68 Å². The van der Waals surface area contributed by atoms with Crippen LogP contribution in [-0.4, -0.2) is 45.5 Å². The topological polar surface area (TPSA) is 56.1 Å². The third kappa shape index (κ3) is 3.06. The Balaban J connectivity index is 1.93. The average molecular weight is 303 g/mol. The van der Waals surface area contributed by atoms with E-state index in [1.807, 2.05) is 24.9 Å². The maximum atomic E-state index is 5.92. The van der Waals surface area contributed by atoms with Gasteiger partial charge in [0.05, 0.1) is 17.7 Å². The molecule has 6 nitrogen and oxygen atoms in total. The zero-order chi connectivity index (χ0) is 15.5. The van der Waals surface area contributed by atoms with Gasteiger partial charge >= 0.3 is 0 Å². The van der Waals surface area contributed by atoms with Crippen molar-refractivity contribution in [3.8, 4) is 0 Å². The Morgan fingerprint density at radius 2 is 2.23 bits per heavy atom. The highest BCUT2D eigenvalue weighted by molar-refractivity contribution is 5.86. The summed E-state index contributed by atoms with van der Waals surface area (Å²) in [6, 6.07) is 0. The minimum atomic E-state index is 0.308. The summed E-state index contributed by atoms with van der Waals surface area (Å²) < 4.78 is 7.73. The van der Waals surface area contributed by atoms with Gasteiger partial charge in [-0.2, -0.15) is 5.10 Å². The fourth-order valence-corrected chi connectivity index (χ4v) is 3.10. The van der Waals surface area contributed by atoms with Crippen LogP contribution in [0.4, 0.5) is 5.82 Å². The molecule has 2 aromatic heterocycles. The Bertz CT molecular complexity index is 633. The van der Waals surface area contributed by atoms with Crippen LogP contribution in [0.25, 0.3) is 11.0 Å². The van der Waals surface area contributed by atoms with Gasteiger partial charge in [0.25, 0.3) is 0 Å². The summed E-state index contributed by atoms with van der Waals surface area (Å²) in [5, 5.41) is 5.37. The highest BCUT2D eigenvalue weighted by Gasteiger charge is 2.21. The van der Waals surface area contributed by atoms with Gasteiger partial charge in [-0.25, -0.2) is 9.97 Å². The quantitative estimate of drug-likeness (QED) is 0.849. The molecule has 120 valence electrons. The summed E-state index contributed by atoms with van der Waals surface area (Å²) in [5.74, 6) is 1.78. The fourth-order valence-electron chi connectivity index (χ4n) is 3.10. The van der Waals surface area contributed by atoms with Gasteiger partial charge in [0.15, 0.2) is 5.65 Å². The average Bonchev–Trinajstić information content (AvgIpc) is 2.89. The van der Waals surface area contributed by atoms with Crippen LogP contribution in [0.5, 0.6) is 0 Å². The van der Waals surface area contributed by atoms with Gasteiger partial charge in [0.2, 0.25) is 0 Å². The van der Waals surface area contributed by atoms with Gasteiger partial charge in [0.1, 0.15) is 11.6 Å². The number of hydrogen-bond donors (Lipinski definition) is 0. The number of hydrogen-bond acceptors (Lipinski definition) is 5. The Morgan fingerprint density at radius 3 is 2.95 bits per heavy atom. The molecule has 0 aliphatic carbocycles. The van der Waals surface area contributed by atoms with Gasteiger partial charge < -0.3 is 9.64 Å². The highest BCUT2D eigenvalue weighted by Crippen LogP contribution is 2.25. The Morgan fingerprint density at radius 1 is 1.36 bits per heavy atom. The molecule has 0 radical (unpaired) electrons. The maximum Gasteiger partial charge on any atom is 0.163 e. The highest BCUT2D eigenvalue weighted by atomic mass is 16.5. The van der Waals surface area contributed by atoms with Crippen LogP contribution in [0.1, 0.15) is 38.4 Å². The van der Waals surface area contributed by atoms with E-state index in [0.717, 1.165) is 55.2 Å². The standard InChI is InChI=1S/C16H25N5O/c1-4-8-21(11-13-7-5-6-9-22-13)16-14-10-17-20(3)15(14)18-12(2)19-16/h10,13H,4-9,11H2,1-3H3/t13-/m1/s1. The summed E-state index contributed by atoms with van der Waals surface area (Å²) in [5.41, 5.74) is 0.896. The summed E-state index contributed by atoms with van der Waals surface area (Å²) in [6.45, 7) is 6.89. The monoisotopic (exact) mass is 303 g/mol. The van der Waals surface area contributed by atoms with Crippen molar-refractivity contribution in [2.75, 3.05) is 24.6 Å². The molecule has 22 heavy (non-hydrogen) atoms. The molecule has 0 bridgehead atoms. The molecule has 1 saturated heterocycles. The first-order valence-electron chi connectivity index (χ1n) is 8.22.